The van der Waals surface area contributed by atoms with E-state index < -0.39 is 0 Å². The predicted molar refractivity (Wildman–Crippen MR) is 94.0 cm³/mol. The van der Waals surface area contributed by atoms with Crippen LogP contribution in [0.2, 0.25) is 0 Å². The number of hydrogen-bond acceptors (Lipinski definition) is 4. The van der Waals surface area contributed by atoms with Crippen molar-refractivity contribution in [3.05, 3.63) is 24.3 Å². The number of carbonyl (C=O) groups excluding carboxylic acids is 1. The Hall–Kier alpha value is -1.20. The van der Waals surface area contributed by atoms with E-state index in [0.29, 0.717) is 11.7 Å². The second-order valence-electron chi connectivity index (χ2n) is 6.84. The van der Waals surface area contributed by atoms with Crippen molar-refractivity contribution in [2.75, 3.05) is 25.4 Å². The molecule has 1 atom stereocenters. The van der Waals surface area contributed by atoms with Gasteiger partial charge in [0.05, 0.1) is 0 Å². The van der Waals surface area contributed by atoms with Crippen LogP contribution in [0.15, 0.2) is 29.2 Å². The summed E-state index contributed by atoms with van der Waals surface area (Å²) in [5, 5.41) is 3.19. The van der Waals surface area contributed by atoms with Gasteiger partial charge >= 0.3 is 0 Å². The molecular formula is C18H26N2O2S. The molecule has 1 N–H and O–H groups in total. The topological polar surface area (TPSA) is 41.6 Å². The lowest BCUT2D eigenvalue weighted by atomic mass is 10.0. The molecule has 2 aliphatic heterocycles. The number of piperidine rings is 1. The van der Waals surface area contributed by atoms with Crippen LogP contribution >= 0.6 is 11.8 Å². The molecule has 0 spiro atoms. The summed E-state index contributed by atoms with van der Waals surface area (Å²) in [6.07, 6.45) is 1.70. The Morgan fingerprint density at radius 2 is 2.09 bits per heavy atom. The third-order valence-electron chi connectivity index (χ3n) is 4.36. The molecule has 3 rings (SSSR count). The molecule has 0 bridgehead atoms. The number of carbonyl (C=O) groups is 1. The Bertz CT molecular complexity index is 542. The molecule has 5 heteroatoms. The van der Waals surface area contributed by atoms with Crippen LogP contribution in [-0.2, 0) is 4.79 Å². The van der Waals surface area contributed by atoms with Crippen molar-refractivity contribution in [2.24, 2.45) is 5.92 Å². The smallest absolute Gasteiger partial charge is 0.262 e. The zero-order chi connectivity index (χ0) is 16.2. The highest BCUT2D eigenvalue weighted by atomic mass is 32.2. The summed E-state index contributed by atoms with van der Waals surface area (Å²) in [5.74, 6) is 2.26. The van der Waals surface area contributed by atoms with Gasteiger partial charge in [-0.15, -0.1) is 11.8 Å². The largest absolute Gasteiger partial charge is 0.479 e. The van der Waals surface area contributed by atoms with E-state index in [4.69, 9.17) is 4.74 Å². The average Bonchev–Trinajstić information content (AvgIpc) is 2.55. The lowest BCUT2D eigenvalue weighted by molar-refractivity contribution is -0.128. The highest BCUT2D eigenvalue weighted by Crippen LogP contribution is 2.34. The Balaban J connectivity index is 1.47. The number of thioether (sulfide) groups is 1. The van der Waals surface area contributed by atoms with E-state index in [9.17, 15) is 4.79 Å². The first kappa shape index (κ1) is 16.7. The Morgan fingerprint density at radius 3 is 2.83 bits per heavy atom. The lowest BCUT2D eigenvalue weighted by Gasteiger charge is -2.34. The zero-order valence-electron chi connectivity index (χ0n) is 14.0. The molecule has 0 radical (unpaired) electrons. The molecule has 23 heavy (non-hydrogen) atoms. The van der Waals surface area contributed by atoms with Gasteiger partial charge in [0, 0.05) is 36.3 Å². The number of nitrogens with one attached hydrogen (secondary N) is 1. The van der Waals surface area contributed by atoms with Crippen molar-refractivity contribution in [2.45, 2.75) is 43.7 Å². The first-order valence-electron chi connectivity index (χ1n) is 8.53. The van der Waals surface area contributed by atoms with Gasteiger partial charge in [0.2, 0.25) is 0 Å². The fraction of sp³-hybridized carbons (Fsp3) is 0.611. The van der Waals surface area contributed by atoms with Crippen LogP contribution in [-0.4, -0.2) is 48.3 Å². The van der Waals surface area contributed by atoms with Crippen molar-refractivity contribution >= 4 is 17.7 Å². The molecule has 126 valence electrons. The monoisotopic (exact) mass is 334 g/mol. The van der Waals surface area contributed by atoms with Gasteiger partial charge in [0.1, 0.15) is 5.75 Å². The minimum Gasteiger partial charge on any atom is -0.479 e. The number of hydrogen-bond donors (Lipinski definition) is 1. The van der Waals surface area contributed by atoms with Gasteiger partial charge in [-0.3, -0.25) is 4.79 Å². The van der Waals surface area contributed by atoms with E-state index in [1.807, 2.05) is 24.3 Å². The number of ether oxygens (including phenoxy) is 1. The highest BCUT2D eigenvalue weighted by Gasteiger charge is 2.29. The molecule has 0 aromatic heterocycles. The molecule has 1 amide bonds. The zero-order valence-corrected chi connectivity index (χ0v) is 14.8. The van der Waals surface area contributed by atoms with E-state index in [1.165, 1.54) is 0 Å². The van der Waals surface area contributed by atoms with E-state index in [2.05, 4.69) is 24.1 Å². The summed E-state index contributed by atoms with van der Waals surface area (Å²) in [4.78, 5) is 16.1. The maximum atomic E-state index is 12.5. The maximum Gasteiger partial charge on any atom is 0.262 e. The van der Waals surface area contributed by atoms with Gasteiger partial charge < -0.3 is 15.0 Å². The van der Waals surface area contributed by atoms with Gasteiger partial charge in [-0.25, -0.2) is 0 Å². The standard InChI is InChI=1S/C18H26N2O2S/c1-13(2)11-20-9-7-14(8-10-20)19-18(21)16-12-23-17-6-4-3-5-15(17)22-16/h3-6,13-14,16H,7-12H2,1-2H3,(H,19,21). The molecular weight excluding hydrogens is 308 g/mol. The average molecular weight is 334 g/mol. The molecule has 0 saturated carbocycles. The molecule has 1 fully saturated rings. The van der Waals surface area contributed by atoms with Crippen LogP contribution in [0, 0.1) is 5.92 Å². The third-order valence-corrected chi connectivity index (χ3v) is 5.48. The number of benzene rings is 1. The molecule has 1 saturated heterocycles. The van der Waals surface area contributed by atoms with Crippen LogP contribution < -0.4 is 10.1 Å². The van der Waals surface area contributed by atoms with Crippen LogP contribution in [0.4, 0.5) is 0 Å². The van der Waals surface area contributed by atoms with Crippen molar-refractivity contribution in [1.29, 1.82) is 0 Å². The van der Waals surface area contributed by atoms with Crippen LogP contribution in [0.3, 0.4) is 0 Å². The van der Waals surface area contributed by atoms with E-state index in [1.54, 1.807) is 11.8 Å². The number of nitrogens with zero attached hydrogens (tertiary/aromatic N) is 1. The molecule has 1 aromatic rings. The summed E-state index contributed by atoms with van der Waals surface area (Å²) in [6.45, 7) is 7.81. The summed E-state index contributed by atoms with van der Waals surface area (Å²) in [7, 11) is 0. The molecule has 1 aromatic carbocycles. The fourth-order valence-corrected chi connectivity index (χ4v) is 4.20. The van der Waals surface area contributed by atoms with Crippen LogP contribution in [0.25, 0.3) is 0 Å². The normalized spacial score (nSPS) is 22.5. The van der Waals surface area contributed by atoms with Crippen molar-refractivity contribution in [3.8, 4) is 5.75 Å². The number of para-hydroxylation sites is 1. The Kier molecular flexibility index (Phi) is 5.49. The minimum atomic E-state index is -0.372. The molecule has 1 unspecified atom stereocenters. The molecule has 2 heterocycles. The van der Waals surface area contributed by atoms with Crippen molar-refractivity contribution in [1.82, 2.24) is 10.2 Å². The van der Waals surface area contributed by atoms with Crippen molar-refractivity contribution in [3.63, 3.8) is 0 Å². The van der Waals surface area contributed by atoms with Crippen LogP contribution in [0.1, 0.15) is 26.7 Å². The van der Waals surface area contributed by atoms with Crippen LogP contribution in [0.5, 0.6) is 5.75 Å². The summed E-state index contributed by atoms with van der Waals surface area (Å²) < 4.78 is 5.87. The first-order valence-corrected chi connectivity index (χ1v) is 9.51. The van der Waals surface area contributed by atoms with Gasteiger partial charge in [-0.05, 0) is 30.9 Å². The third kappa shape index (κ3) is 4.42. The number of likely N-dealkylation sites (tertiary alicyclic amines) is 1. The Morgan fingerprint density at radius 1 is 1.35 bits per heavy atom. The van der Waals surface area contributed by atoms with E-state index in [-0.39, 0.29) is 18.1 Å². The van der Waals surface area contributed by atoms with Gasteiger partial charge in [-0.1, -0.05) is 26.0 Å². The Labute approximate surface area is 143 Å². The maximum absolute atomic E-state index is 12.5. The quantitative estimate of drug-likeness (QED) is 0.919. The molecule has 4 nitrogen and oxygen atoms in total. The number of rotatable bonds is 4. The second-order valence-corrected chi connectivity index (χ2v) is 7.90. The lowest BCUT2D eigenvalue weighted by Crippen LogP contribution is -2.50. The minimum absolute atomic E-state index is 0.0364. The van der Waals surface area contributed by atoms with E-state index in [0.717, 1.165) is 43.1 Å². The summed E-state index contributed by atoms with van der Waals surface area (Å²) >= 11 is 1.70. The van der Waals surface area contributed by atoms with Gasteiger partial charge in [-0.2, -0.15) is 0 Å². The molecule has 0 aliphatic carbocycles. The van der Waals surface area contributed by atoms with Crippen molar-refractivity contribution < 1.29 is 9.53 Å². The number of fused-ring (bicyclic) bond motifs is 1. The SMILES string of the molecule is CC(C)CN1CCC(NC(=O)C2CSc3ccccc3O2)CC1. The summed E-state index contributed by atoms with van der Waals surface area (Å²) in [5.41, 5.74) is 0. The summed E-state index contributed by atoms with van der Waals surface area (Å²) in [6, 6.07) is 8.21. The van der Waals surface area contributed by atoms with Gasteiger partial charge in [0.25, 0.3) is 5.91 Å². The number of amides is 1. The van der Waals surface area contributed by atoms with Gasteiger partial charge in [0.15, 0.2) is 6.10 Å². The fourth-order valence-electron chi connectivity index (χ4n) is 3.22. The predicted octanol–water partition coefficient (Wildman–Crippen LogP) is 2.78. The van der Waals surface area contributed by atoms with E-state index >= 15 is 0 Å². The first-order chi connectivity index (χ1) is 11.1. The second kappa shape index (κ2) is 7.58. The molecule has 2 aliphatic rings. The highest BCUT2D eigenvalue weighted by molar-refractivity contribution is 7.99.